The van der Waals surface area contributed by atoms with Gasteiger partial charge in [-0.15, -0.1) is 0 Å². The molecular formula is C15H24FNO. The van der Waals surface area contributed by atoms with Crippen molar-refractivity contribution in [2.45, 2.75) is 46.8 Å². The monoisotopic (exact) mass is 253 g/mol. The van der Waals surface area contributed by atoms with E-state index < -0.39 is 6.10 Å². The number of anilines is 1. The van der Waals surface area contributed by atoms with Gasteiger partial charge in [-0.25, -0.2) is 4.39 Å². The molecule has 1 atom stereocenters. The Morgan fingerprint density at radius 2 is 1.78 bits per heavy atom. The Hall–Kier alpha value is -1.09. The maximum atomic E-state index is 14.1. The van der Waals surface area contributed by atoms with Crippen LogP contribution in [0, 0.1) is 11.7 Å². The maximum Gasteiger partial charge on any atom is 0.146 e. The van der Waals surface area contributed by atoms with Crippen LogP contribution < -0.4 is 4.90 Å². The van der Waals surface area contributed by atoms with E-state index in [1.54, 1.807) is 19.1 Å². The van der Waals surface area contributed by atoms with Crippen LogP contribution in [0.1, 0.15) is 46.3 Å². The lowest BCUT2D eigenvalue weighted by Gasteiger charge is -2.31. The summed E-state index contributed by atoms with van der Waals surface area (Å²) in [6.45, 7) is 10.8. The highest BCUT2D eigenvalue weighted by molar-refractivity contribution is 5.50. The molecule has 0 aliphatic rings. The third-order valence-electron chi connectivity index (χ3n) is 2.95. The first-order chi connectivity index (χ1) is 8.32. The van der Waals surface area contributed by atoms with Crippen LogP contribution in [0.5, 0.6) is 0 Å². The molecule has 1 N–H and O–H groups in total. The lowest BCUT2D eigenvalue weighted by molar-refractivity contribution is 0.199. The lowest BCUT2D eigenvalue weighted by atomic mass is 10.1. The molecule has 1 unspecified atom stereocenters. The Kier molecular flexibility index (Phi) is 5.15. The summed E-state index contributed by atoms with van der Waals surface area (Å²) in [6, 6.07) is 5.23. The molecule has 0 fully saturated rings. The summed E-state index contributed by atoms with van der Waals surface area (Å²) >= 11 is 0. The highest BCUT2D eigenvalue weighted by Gasteiger charge is 2.17. The molecule has 1 aromatic rings. The van der Waals surface area contributed by atoms with Crippen molar-refractivity contribution >= 4 is 5.69 Å². The zero-order valence-corrected chi connectivity index (χ0v) is 11.9. The minimum atomic E-state index is -0.633. The smallest absolute Gasteiger partial charge is 0.146 e. The Balaban J connectivity index is 3.05. The van der Waals surface area contributed by atoms with Crippen LogP contribution in [-0.2, 0) is 0 Å². The van der Waals surface area contributed by atoms with Crippen molar-refractivity contribution in [3.8, 4) is 0 Å². The number of aliphatic hydroxyl groups is 1. The third kappa shape index (κ3) is 3.70. The van der Waals surface area contributed by atoms with Gasteiger partial charge < -0.3 is 10.0 Å². The third-order valence-corrected chi connectivity index (χ3v) is 2.95. The largest absolute Gasteiger partial charge is 0.389 e. The summed E-state index contributed by atoms with van der Waals surface area (Å²) in [7, 11) is 0. The fraction of sp³-hybridized carbons (Fsp3) is 0.600. The lowest BCUT2D eigenvalue weighted by Crippen LogP contribution is -2.34. The van der Waals surface area contributed by atoms with Crippen LogP contribution >= 0.6 is 0 Å². The van der Waals surface area contributed by atoms with E-state index in [-0.39, 0.29) is 11.9 Å². The topological polar surface area (TPSA) is 23.5 Å². The van der Waals surface area contributed by atoms with E-state index in [9.17, 15) is 9.50 Å². The molecule has 0 saturated heterocycles. The number of halogens is 1. The van der Waals surface area contributed by atoms with Crippen LogP contribution in [-0.4, -0.2) is 17.7 Å². The van der Waals surface area contributed by atoms with E-state index in [1.165, 1.54) is 6.07 Å². The van der Waals surface area contributed by atoms with Gasteiger partial charge in [0.15, 0.2) is 0 Å². The Morgan fingerprint density at radius 3 is 2.17 bits per heavy atom. The molecule has 0 aromatic heterocycles. The normalized spacial score (nSPS) is 13.2. The molecule has 0 saturated carbocycles. The summed E-state index contributed by atoms with van der Waals surface area (Å²) < 4.78 is 14.1. The van der Waals surface area contributed by atoms with Gasteiger partial charge in [0.05, 0.1) is 11.8 Å². The van der Waals surface area contributed by atoms with Crippen molar-refractivity contribution in [3.05, 3.63) is 29.6 Å². The number of aliphatic hydroxyl groups excluding tert-OH is 1. The predicted molar refractivity (Wildman–Crippen MR) is 74.4 cm³/mol. The molecule has 2 nitrogen and oxygen atoms in total. The van der Waals surface area contributed by atoms with Crippen molar-refractivity contribution in [1.29, 1.82) is 0 Å². The number of benzene rings is 1. The van der Waals surface area contributed by atoms with Crippen molar-refractivity contribution in [3.63, 3.8) is 0 Å². The van der Waals surface area contributed by atoms with E-state index in [0.29, 0.717) is 17.2 Å². The number of rotatable bonds is 5. The van der Waals surface area contributed by atoms with E-state index >= 15 is 0 Å². The average molecular weight is 253 g/mol. The number of hydrogen-bond acceptors (Lipinski definition) is 2. The molecule has 18 heavy (non-hydrogen) atoms. The van der Waals surface area contributed by atoms with Crippen LogP contribution in [0.2, 0.25) is 0 Å². The predicted octanol–water partition coefficient (Wildman–Crippen LogP) is 3.75. The van der Waals surface area contributed by atoms with Gasteiger partial charge in [0, 0.05) is 12.6 Å². The number of nitrogens with zero attached hydrogens (tertiary/aromatic N) is 1. The van der Waals surface area contributed by atoms with Gasteiger partial charge in [-0.2, -0.15) is 0 Å². The van der Waals surface area contributed by atoms with Crippen molar-refractivity contribution < 1.29 is 9.50 Å². The molecular weight excluding hydrogens is 229 g/mol. The first-order valence-corrected chi connectivity index (χ1v) is 6.57. The minimum absolute atomic E-state index is 0.249. The molecule has 1 aromatic carbocycles. The van der Waals surface area contributed by atoms with Crippen molar-refractivity contribution in [2.24, 2.45) is 5.92 Å². The standard InChI is InChI=1S/C15H24FNO/c1-10(2)9-17(11(3)4)15-7-6-13(12(5)18)8-14(15)16/h6-8,10-12,18H,9H2,1-5H3. The fourth-order valence-electron chi connectivity index (χ4n) is 2.00. The molecule has 0 heterocycles. The maximum absolute atomic E-state index is 14.1. The van der Waals surface area contributed by atoms with Gasteiger partial charge in [-0.05, 0) is 44.4 Å². The van der Waals surface area contributed by atoms with Crippen molar-refractivity contribution in [1.82, 2.24) is 0 Å². The molecule has 0 aliphatic heterocycles. The molecule has 0 radical (unpaired) electrons. The summed E-state index contributed by atoms with van der Waals surface area (Å²) in [5, 5.41) is 9.45. The summed E-state index contributed by atoms with van der Waals surface area (Å²) in [5.41, 5.74) is 1.23. The molecule has 0 aliphatic carbocycles. The SMILES string of the molecule is CC(C)CN(c1ccc(C(C)O)cc1F)C(C)C. The summed E-state index contributed by atoms with van der Waals surface area (Å²) in [6.07, 6.45) is -0.633. The second-order valence-electron chi connectivity index (χ2n) is 5.53. The van der Waals surface area contributed by atoms with Gasteiger partial charge in [-0.3, -0.25) is 0 Å². The first-order valence-electron chi connectivity index (χ1n) is 6.57. The molecule has 0 bridgehead atoms. The van der Waals surface area contributed by atoms with Gasteiger partial charge in [0.1, 0.15) is 5.82 Å². The second-order valence-corrected chi connectivity index (χ2v) is 5.53. The van der Waals surface area contributed by atoms with Crippen LogP contribution in [0.15, 0.2) is 18.2 Å². The van der Waals surface area contributed by atoms with E-state index in [1.807, 2.05) is 0 Å². The Bertz CT molecular complexity index is 388. The summed E-state index contributed by atoms with van der Waals surface area (Å²) in [5.74, 6) is 0.214. The van der Waals surface area contributed by atoms with Crippen molar-refractivity contribution in [2.75, 3.05) is 11.4 Å². The van der Waals surface area contributed by atoms with Gasteiger partial charge in [-0.1, -0.05) is 19.9 Å². The highest BCUT2D eigenvalue weighted by atomic mass is 19.1. The van der Waals surface area contributed by atoms with E-state index in [0.717, 1.165) is 6.54 Å². The first kappa shape index (κ1) is 15.0. The molecule has 3 heteroatoms. The Morgan fingerprint density at radius 1 is 1.17 bits per heavy atom. The molecule has 0 spiro atoms. The van der Waals surface area contributed by atoms with Gasteiger partial charge >= 0.3 is 0 Å². The van der Waals surface area contributed by atoms with Crippen LogP contribution in [0.25, 0.3) is 0 Å². The quantitative estimate of drug-likeness (QED) is 0.864. The van der Waals surface area contributed by atoms with Crippen LogP contribution in [0.4, 0.5) is 10.1 Å². The Labute approximate surface area is 109 Å². The van der Waals surface area contributed by atoms with Gasteiger partial charge in [0.25, 0.3) is 0 Å². The average Bonchev–Trinajstić information content (AvgIpc) is 2.25. The second kappa shape index (κ2) is 6.19. The zero-order chi connectivity index (χ0) is 13.9. The fourth-order valence-corrected chi connectivity index (χ4v) is 2.00. The minimum Gasteiger partial charge on any atom is -0.389 e. The van der Waals surface area contributed by atoms with Crippen LogP contribution in [0.3, 0.4) is 0 Å². The van der Waals surface area contributed by atoms with E-state index in [2.05, 4.69) is 32.6 Å². The zero-order valence-electron chi connectivity index (χ0n) is 11.9. The molecule has 1 rings (SSSR count). The van der Waals surface area contributed by atoms with Gasteiger partial charge in [0.2, 0.25) is 0 Å². The molecule has 0 amide bonds. The highest BCUT2D eigenvalue weighted by Crippen LogP contribution is 2.25. The molecule has 102 valence electrons. The number of hydrogen-bond donors (Lipinski definition) is 1. The van der Waals surface area contributed by atoms with E-state index in [4.69, 9.17) is 0 Å². The summed E-state index contributed by atoms with van der Waals surface area (Å²) in [4.78, 5) is 2.06.